The van der Waals surface area contributed by atoms with E-state index in [4.69, 9.17) is 5.11 Å². The second-order valence-corrected chi connectivity index (χ2v) is 4.46. The number of aliphatic carboxylic acids is 1. The summed E-state index contributed by atoms with van der Waals surface area (Å²) >= 11 is 0. The SMILES string of the molecule is Cc1c(F)c(F)c(F)c2c1OC(F)(C(F)(F)F)C(C(=O)O)=C2F. The highest BCUT2D eigenvalue weighted by molar-refractivity contribution is 5.98. The predicted octanol–water partition coefficient (Wildman–Crippen LogP) is 3.80. The first kappa shape index (κ1) is 17.0. The first-order valence-corrected chi connectivity index (χ1v) is 5.60. The summed E-state index contributed by atoms with van der Waals surface area (Å²) in [5.41, 5.74) is -5.53. The van der Waals surface area contributed by atoms with E-state index < -0.39 is 63.7 Å². The van der Waals surface area contributed by atoms with Gasteiger partial charge in [0, 0.05) is 5.56 Å². The lowest BCUT2D eigenvalue weighted by molar-refractivity contribution is -0.285. The Morgan fingerprint density at radius 3 is 2.04 bits per heavy atom. The van der Waals surface area contributed by atoms with Crippen molar-refractivity contribution in [2.45, 2.75) is 19.0 Å². The van der Waals surface area contributed by atoms with Gasteiger partial charge >= 0.3 is 18.0 Å². The number of benzene rings is 1. The maximum Gasteiger partial charge on any atom is 0.465 e. The quantitative estimate of drug-likeness (QED) is 0.620. The molecule has 1 atom stereocenters. The molecule has 23 heavy (non-hydrogen) atoms. The van der Waals surface area contributed by atoms with Crippen LogP contribution in [-0.2, 0) is 4.79 Å². The topological polar surface area (TPSA) is 46.5 Å². The fourth-order valence-electron chi connectivity index (χ4n) is 1.97. The summed E-state index contributed by atoms with van der Waals surface area (Å²) in [6, 6.07) is 0. The van der Waals surface area contributed by atoms with Crippen LogP contribution in [0.2, 0.25) is 0 Å². The van der Waals surface area contributed by atoms with Crippen LogP contribution in [0, 0.1) is 24.4 Å². The molecule has 1 aromatic rings. The van der Waals surface area contributed by atoms with Crippen molar-refractivity contribution in [2.24, 2.45) is 0 Å². The van der Waals surface area contributed by atoms with Crippen LogP contribution < -0.4 is 4.74 Å². The maximum atomic E-state index is 14.1. The van der Waals surface area contributed by atoms with Crippen LogP contribution in [0.5, 0.6) is 5.75 Å². The van der Waals surface area contributed by atoms with E-state index in [2.05, 4.69) is 4.74 Å². The minimum atomic E-state index is -6.09. The minimum absolute atomic E-state index is 0.576. The van der Waals surface area contributed by atoms with Gasteiger partial charge < -0.3 is 9.84 Å². The fraction of sp³-hybridized carbons (Fsp3) is 0.250. The molecule has 1 aliphatic heterocycles. The van der Waals surface area contributed by atoms with Gasteiger partial charge in [0.1, 0.15) is 5.75 Å². The van der Waals surface area contributed by atoms with Crippen LogP contribution in [0.25, 0.3) is 5.83 Å². The van der Waals surface area contributed by atoms with Gasteiger partial charge in [-0.25, -0.2) is 22.4 Å². The molecule has 1 aromatic carbocycles. The highest BCUT2D eigenvalue weighted by atomic mass is 19.4. The molecule has 0 spiro atoms. The number of rotatable bonds is 1. The Bertz CT molecular complexity index is 752. The van der Waals surface area contributed by atoms with Crippen molar-refractivity contribution in [3.8, 4) is 5.75 Å². The first-order valence-electron chi connectivity index (χ1n) is 5.60. The maximum absolute atomic E-state index is 14.1. The van der Waals surface area contributed by atoms with Crippen molar-refractivity contribution in [1.82, 2.24) is 0 Å². The summed E-state index contributed by atoms with van der Waals surface area (Å²) < 4.78 is 110. The van der Waals surface area contributed by atoms with Gasteiger partial charge in [-0.3, -0.25) is 0 Å². The Hall–Kier alpha value is -2.33. The smallest absolute Gasteiger partial charge is 0.465 e. The van der Waals surface area contributed by atoms with Crippen LogP contribution in [0.3, 0.4) is 0 Å². The number of carbonyl (C=O) groups is 1. The number of alkyl halides is 4. The van der Waals surface area contributed by atoms with Crippen molar-refractivity contribution < 1.29 is 49.8 Å². The van der Waals surface area contributed by atoms with Gasteiger partial charge in [0.15, 0.2) is 28.9 Å². The number of halogens is 8. The molecule has 1 heterocycles. The number of ether oxygens (including phenoxy) is 1. The summed E-state index contributed by atoms with van der Waals surface area (Å²) in [5, 5.41) is 8.61. The first-order chi connectivity index (χ1) is 10.3. The Morgan fingerprint density at radius 2 is 1.61 bits per heavy atom. The van der Waals surface area contributed by atoms with Gasteiger partial charge in [-0.15, -0.1) is 0 Å². The third-order valence-corrected chi connectivity index (χ3v) is 3.08. The Morgan fingerprint density at radius 1 is 1.09 bits per heavy atom. The molecule has 0 bridgehead atoms. The molecule has 2 rings (SSSR count). The van der Waals surface area contributed by atoms with E-state index in [1.54, 1.807) is 0 Å². The highest BCUT2D eigenvalue weighted by Crippen LogP contribution is 2.52. The van der Waals surface area contributed by atoms with E-state index in [-0.39, 0.29) is 0 Å². The van der Waals surface area contributed by atoms with Gasteiger partial charge in [-0.1, -0.05) is 0 Å². The lowest BCUT2D eigenvalue weighted by Gasteiger charge is -2.34. The van der Waals surface area contributed by atoms with Crippen molar-refractivity contribution in [2.75, 3.05) is 0 Å². The number of fused-ring (bicyclic) bond motifs is 1. The number of carboxylic acids is 1. The van der Waals surface area contributed by atoms with E-state index in [1.807, 2.05) is 0 Å². The molecular weight excluding hydrogens is 344 g/mol. The average molecular weight is 348 g/mol. The van der Waals surface area contributed by atoms with Crippen LogP contribution >= 0.6 is 0 Å². The highest BCUT2D eigenvalue weighted by Gasteiger charge is 2.67. The standard InChI is InChI=1S/C12H4F8O3/c1-2-5(13)8(16)7(15)3-6(14)4(10(21)22)11(17,12(18,19)20)23-9(2)3/h1H3,(H,21,22). The van der Waals surface area contributed by atoms with E-state index >= 15 is 0 Å². The van der Waals surface area contributed by atoms with E-state index in [1.165, 1.54) is 0 Å². The van der Waals surface area contributed by atoms with Gasteiger partial charge in [0.2, 0.25) is 0 Å². The number of hydrogen-bond donors (Lipinski definition) is 1. The second-order valence-electron chi connectivity index (χ2n) is 4.46. The monoisotopic (exact) mass is 348 g/mol. The molecular formula is C12H4F8O3. The van der Waals surface area contributed by atoms with Crippen LogP contribution in [0.4, 0.5) is 35.1 Å². The summed E-state index contributed by atoms with van der Waals surface area (Å²) in [4.78, 5) is 10.8. The van der Waals surface area contributed by atoms with Gasteiger partial charge in [-0.2, -0.15) is 17.6 Å². The molecule has 1 N–H and O–H groups in total. The third kappa shape index (κ3) is 2.13. The lowest BCUT2D eigenvalue weighted by atomic mass is 9.95. The second kappa shape index (κ2) is 4.83. The summed E-state index contributed by atoms with van der Waals surface area (Å²) in [7, 11) is 0. The summed E-state index contributed by atoms with van der Waals surface area (Å²) in [5.74, 6) is -18.8. The molecule has 0 radical (unpaired) electrons. The summed E-state index contributed by atoms with van der Waals surface area (Å²) in [6.07, 6.45) is -6.09. The molecule has 11 heteroatoms. The van der Waals surface area contributed by atoms with Crippen LogP contribution in [0.1, 0.15) is 11.1 Å². The fourth-order valence-corrected chi connectivity index (χ4v) is 1.97. The zero-order valence-corrected chi connectivity index (χ0v) is 10.8. The van der Waals surface area contributed by atoms with Crippen LogP contribution in [-0.4, -0.2) is 23.1 Å². The molecule has 0 saturated heterocycles. The number of hydrogen-bond acceptors (Lipinski definition) is 2. The zero-order chi connectivity index (χ0) is 17.9. The van der Waals surface area contributed by atoms with Crippen molar-refractivity contribution in [1.29, 1.82) is 0 Å². The lowest BCUT2D eigenvalue weighted by Crippen LogP contribution is -2.52. The molecule has 0 aliphatic carbocycles. The van der Waals surface area contributed by atoms with Gasteiger partial charge in [0.05, 0.1) is 5.56 Å². The molecule has 0 amide bonds. The molecule has 0 fully saturated rings. The predicted molar refractivity (Wildman–Crippen MR) is 57.2 cm³/mol. The molecule has 0 saturated carbocycles. The third-order valence-electron chi connectivity index (χ3n) is 3.08. The zero-order valence-electron chi connectivity index (χ0n) is 10.8. The Balaban J connectivity index is 2.97. The van der Waals surface area contributed by atoms with E-state index in [0.717, 1.165) is 0 Å². The summed E-state index contributed by atoms with van der Waals surface area (Å²) in [6.45, 7) is 0.576. The average Bonchev–Trinajstić information content (AvgIpc) is 2.40. The molecule has 0 aromatic heterocycles. The molecule has 1 aliphatic rings. The normalized spacial score (nSPS) is 21.1. The molecule has 126 valence electrons. The van der Waals surface area contributed by atoms with Crippen molar-refractivity contribution in [3.63, 3.8) is 0 Å². The van der Waals surface area contributed by atoms with Crippen molar-refractivity contribution in [3.05, 3.63) is 34.2 Å². The van der Waals surface area contributed by atoms with E-state index in [0.29, 0.717) is 6.92 Å². The number of carboxylic acid groups (broad SMARTS) is 1. The van der Waals surface area contributed by atoms with Crippen molar-refractivity contribution >= 4 is 11.8 Å². The van der Waals surface area contributed by atoms with Gasteiger partial charge in [0.25, 0.3) is 0 Å². The molecule has 3 nitrogen and oxygen atoms in total. The molecule has 1 unspecified atom stereocenters. The Labute approximate surface area is 121 Å². The largest absolute Gasteiger partial charge is 0.478 e. The van der Waals surface area contributed by atoms with E-state index in [9.17, 15) is 39.9 Å². The van der Waals surface area contributed by atoms with Crippen LogP contribution in [0.15, 0.2) is 5.57 Å². The minimum Gasteiger partial charge on any atom is -0.478 e. The Kier molecular flexibility index (Phi) is 3.58. The van der Waals surface area contributed by atoms with Gasteiger partial charge in [-0.05, 0) is 6.92 Å².